The van der Waals surface area contributed by atoms with Crippen molar-refractivity contribution in [3.8, 4) is 0 Å². The molecule has 3 N–H and O–H groups in total. The molecule has 1 unspecified atom stereocenters. The molecule has 0 spiro atoms. The highest BCUT2D eigenvalue weighted by atomic mass is 32.2. The molecular weight excluding hydrogens is 230 g/mol. The summed E-state index contributed by atoms with van der Waals surface area (Å²) in [4.78, 5) is 10.7. The molecule has 0 aliphatic carbocycles. The van der Waals surface area contributed by atoms with Gasteiger partial charge in [-0.3, -0.25) is 4.79 Å². The molecule has 1 aromatic rings. The molecule has 0 heterocycles. The van der Waals surface area contributed by atoms with Crippen molar-refractivity contribution >= 4 is 15.8 Å². The minimum absolute atomic E-state index is 0.00141. The van der Waals surface area contributed by atoms with Crippen LogP contribution in [0.25, 0.3) is 0 Å². The molecule has 88 valence electrons. The quantitative estimate of drug-likeness (QED) is 0.778. The Labute approximate surface area is 93.8 Å². The fraction of sp³-hybridized carbons (Fsp3) is 0.300. The molecule has 0 aliphatic rings. The van der Waals surface area contributed by atoms with Crippen LogP contribution >= 0.6 is 0 Å². The molecule has 0 saturated heterocycles. The van der Waals surface area contributed by atoms with Crippen molar-refractivity contribution < 1.29 is 18.3 Å². The molecular formula is C10H13NO4S. The first-order chi connectivity index (χ1) is 7.32. The number of benzene rings is 1. The number of carbonyl (C=O) groups is 1. The molecule has 5 nitrogen and oxygen atoms in total. The zero-order chi connectivity index (χ0) is 12.3. The topological polar surface area (TPSA) is 97.5 Å². The molecule has 1 rings (SSSR count). The Morgan fingerprint density at radius 3 is 2.50 bits per heavy atom. The number of carboxylic acids is 1. The summed E-state index contributed by atoms with van der Waals surface area (Å²) in [7, 11) is -3.35. The molecule has 1 aromatic carbocycles. The first-order valence-corrected chi connectivity index (χ1v) is 6.48. The summed E-state index contributed by atoms with van der Waals surface area (Å²) in [6, 6.07) is 5.16. The Morgan fingerprint density at radius 1 is 1.44 bits per heavy atom. The highest BCUT2D eigenvalue weighted by molar-refractivity contribution is 7.90. The van der Waals surface area contributed by atoms with Crippen molar-refractivity contribution in [3.05, 3.63) is 29.8 Å². The van der Waals surface area contributed by atoms with E-state index >= 15 is 0 Å². The lowest BCUT2D eigenvalue weighted by Crippen LogP contribution is -2.32. The summed E-state index contributed by atoms with van der Waals surface area (Å²) in [6.45, 7) is 0. The average molecular weight is 243 g/mol. The van der Waals surface area contributed by atoms with E-state index in [1.54, 1.807) is 18.2 Å². The van der Waals surface area contributed by atoms with Crippen molar-refractivity contribution in [1.29, 1.82) is 0 Å². The van der Waals surface area contributed by atoms with Gasteiger partial charge in [0, 0.05) is 6.26 Å². The summed E-state index contributed by atoms with van der Waals surface area (Å²) < 4.78 is 22.8. The third kappa shape index (κ3) is 3.04. The van der Waals surface area contributed by atoms with Gasteiger partial charge in [0.25, 0.3) is 0 Å². The lowest BCUT2D eigenvalue weighted by molar-refractivity contribution is -0.138. The Bertz CT molecular complexity index is 495. The SMILES string of the molecule is CS(=O)(=O)c1ccccc1CC(N)C(=O)O. The van der Waals surface area contributed by atoms with Gasteiger partial charge >= 0.3 is 5.97 Å². The predicted octanol–water partition coefficient (Wildman–Crippen LogP) is 0.0445. The van der Waals surface area contributed by atoms with Crippen LogP contribution in [0.4, 0.5) is 0 Å². The number of rotatable bonds is 4. The lowest BCUT2D eigenvalue weighted by Gasteiger charge is -2.10. The summed E-state index contributed by atoms with van der Waals surface area (Å²) in [5, 5.41) is 8.66. The van der Waals surface area contributed by atoms with Crippen LogP contribution in [0.5, 0.6) is 0 Å². The molecule has 0 bridgehead atoms. The number of sulfone groups is 1. The van der Waals surface area contributed by atoms with Crippen molar-refractivity contribution in [3.63, 3.8) is 0 Å². The van der Waals surface area contributed by atoms with Crippen molar-refractivity contribution in [2.24, 2.45) is 5.73 Å². The van der Waals surface area contributed by atoms with Crippen LogP contribution in [0.1, 0.15) is 5.56 Å². The summed E-state index contributed by atoms with van der Waals surface area (Å²) in [5.74, 6) is -1.15. The van der Waals surface area contributed by atoms with E-state index in [1.165, 1.54) is 6.07 Å². The largest absolute Gasteiger partial charge is 0.480 e. The third-order valence-electron chi connectivity index (χ3n) is 2.13. The highest BCUT2D eigenvalue weighted by Crippen LogP contribution is 2.16. The van der Waals surface area contributed by atoms with E-state index in [1.807, 2.05) is 0 Å². The first-order valence-electron chi connectivity index (χ1n) is 4.58. The van der Waals surface area contributed by atoms with Gasteiger partial charge < -0.3 is 10.8 Å². The molecule has 0 fully saturated rings. The van der Waals surface area contributed by atoms with Gasteiger partial charge in [-0.2, -0.15) is 0 Å². The van der Waals surface area contributed by atoms with Gasteiger partial charge in [0.2, 0.25) is 0 Å². The van der Waals surface area contributed by atoms with E-state index in [0.717, 1.165) is 6.26 Å². The lowest BCUT2D eigenvalue weighted by atomic mass is 10.1. The van der Waals surface area contributed by atoms with E-state index in [2.05, 4.69) is 0 Å². The smallest absolute Gasteiger partial charge is 0.320 e. The summed E-state index contributed by atoms with van der Waals surface area (Å²) in [6.07, 6.45) is 1.08. The fourth-order valence-electron chi connectivity index (χ4n) is 1.36. The molecule has 0 amide bonds. The van der Waals surface area contributed by atoms with Gasteiger partial charge in [0.05, 0.1) is 4.90 Å². The molecule has 0 saturated carbocycles. The van der Waals surface area contributed by atoms with Gasteiger partial charge in [-0.25, -0.2) is 8.42 Å². The van der Waals surface area contributed by atoms with Crippen LogP contribution in [0, 0.1) is 0 Å². The van der Waals surface area contributed by atoms with Crippen LogP contribution in [-0.2, 0) is 21.1 Å². The minimum Gasteiger partial charge on any atom is -0.480 e. The van der Waals surface area contributed by atoms with Crippen LogP contribution in [0.3, 0.4) is 0 Å². The van der Waals surface area contributed by atoms with Crippen molar-refractivity contribution in [2.75, 3.05) is 6.26 Å². The Balaban J connectivity index is 3.10. The van der Waals surface area contributed by atoms with Crippen LogP contribution in [0.2, 0.25) is 0 Å². The normalized spacial score (nSPS) is 13.4. The Morgan fingerprint density at radius 2 is 2.00 bits per heavy atom. The zero-order valence-electron chi connectivity index (χ0n) is 8.75. The highest BCUT2D eigenvalue weighted by Gasteiger charge is 2.18. The summed E-state index contributed by atoms with van der Waals surface area (Å²) >= 11 is 0. The average Bonchev–Trinajstić information content (AvgIpc) is 2.16. The predicted molar refractivity (Wildman–Crippen MR) is 58.9 cm³/mol. The van der Waals surface area contributed by atoms with Crippen LogP contribution in [0.15, 0.2) is 29.2 Å². The standard InChI is InChI=1S/C10H13NO4S/c1-16(14,15)9-5-3-2-4-7(9)6-8(11)10(12)13/h2-5,8H,6,11H2,1H3,(H,12,13). The second-order valence-corrected chi connectivity index (χ2v) is 5.51. The second kappa shape index (κ2) is 4.63. The van der Waals surface area contributed by atoms with E-state index in [4.69, 9.17) is 10.8 Å². The van der Waals surface area contributed by atoms with Crippen molar-refractivity contribution in [2.45, 2.75) is 17.4 Å². The number of aliphatic carboxylic acids is 1. The molecule has 0 aromatic heterocycles. The zero-order valence-corrected chi connectivity index (χ0v) is 9.57. The van der Waals surface area contributed by atoms with Gasteiger partial charge in [0.15, 0.2) is 9.84 Å². The molecule has 16 heavy (non-hydrogen) atoms. The minimum atomic E-state index is -3.35. The van der Waals surface area contributed by atoms with Gasteiger partial charge in [0.1, 0.15) is 6.04 Å². The maximum atomic E-state index is 11.4. The maximum absolute atomic E-state index is 11.4. The van der Waals surface area contributed by atoms with Crippen molar-refractivity contribution in [1.82, 2.24) is 0 Å². The molecule has 6 heteroatoms. The van der Waals surface area contributed by atoms with E-state index in [9.17, 15) is 13.2 Å². The van der Waals surface area contributed by atoms with Crippen LogP contribution < -0.4 is 5.73 Å². The molecule has 0 radical (unpaired) electrons. The number of hydrogen-bond acceptors (Lipinski definition) is 4. The summed E-state index contributed by atoms with van der Waals surface area (Å²) in [5.41, 5.74) is 5.80. The maximum Gasteiger partial charge on any atom is 0.320 e. The van der Waals surface area contributed by atoms with Crippen LogP contribution in [-0.4, -0.2) is 31.8 Å². The van der Waals surface area contributed by atoms with Gasteiger partial charge in [-0.05, 0) is 18.1 Å². The first kappa shape index (κ1) is 12.7. The van der Waals surface area contributed by atoms with E-state index in [-0.39, 0.29) is 11.3 Å². The molecule has 1 atom stereocenters. The fourth-order valence-corrected chi connectivity index (χ4v) is 2.31. The Kier molecular flexibility index (Phi) is 3.66. The van der Waals surface area contributed by atoms with E-state index < -0.39 is 21.8 Å². The monoisotopic (exact) mass is 243 g/mol. The van der Waals surface area contributed by atoms with E-state index in [0.29, 0.717) is 5.56 Å². The third-order valence-corrected chi connectivity index (χ3v) is 3.33. The van der Waals surface area contributed by atoms with Gasteiger partial charge in [-0.15, -0.1) is 0 Å². The van der Waals surface area contributed by atoms with Gasteiger partial charge in [-0.1, -0.05) is 18.2 Å². The second-order valence-electron chi connectivity index (χ2n) is 3.53. The molecule has 0 aliphatic heterocycles. The number of carboxylic acid groups (broad SMARTS) is 1. The Hall–Kier alpha value is -1.40. The number of hydrogen-bond donors (Lipinski definition) is 2. The number of nitrogens with two attached hydrogens (primary N) is 1.